The van der Waals surface area contributed by atoms with Crippen LogP contribution in [-0.2, 0) is 32.7 Å². The van der Waals surface area contributed by atoms with Crippen LogP contribution < -0.4 is 5.73 Å². The number of rotatable bonds is 1. The van der Waals surface area contributed by atoms with Gasteiger partial charge in [-0.1, -0.05) is 17.8 Å². The van der Waals surface area contributed by atoms with Gasteiger partial charge in [0.15, 0.2) is 0 Å². The Bertz CT molecular complexity index is 479. The van der Waals surface area contributed by atoms with E-state index in [1.54, 1.807) is 12.3 Å². The zero-order chi connectivity index (χ0) is 13.9. The van der Waals surface area contributed by atoms with Crippen molar-refractivity contribution in [1.29, 1.82) is 0 Å². The molecule has 0 atom stereocenters. The second-order valence-electron chi connectivity index (χ2n) is 5.49. The van der Waals surface area contributed by atoms with E-state index in [-0.39, 0.29) is 38.2 Å². The van der Waals surface area contributed by atoms with Gasteiger partial charge in [-0.3, -0.25) is 4.90 Å². The van der Waals surface area contributed by atoms with Crippen molar-refractivity contribution in [3.63, 3.8) is 0 Å². The number of anilines is 1. The van der Waals surface area contributed by atoms with Crippen LogP contribution in [0.2, 0.25) is 0 Å². The first-order valence-electron chi connectivity index (χ1n) is 6.57. The van der Waals surface area contributed by atoms with Gasteiger partial charge >= 0.3 is 0 Å². The summed E-state index contributed by atoms with van der Waals surface area (Å²) in [4.78, 5) is 8.94. The van der Waals surface area contributed by atoms with Gasteiger partial charge in [0.25, 0.3) is 0 Å². The number of nitrogen functional groups attached to an aromatic ring is 1. The number of hydrogen-bond donors (Lipinski definition) is 1. The van der Waals surface area contributed by atoms with Gasteiger partial charge in [-0.25, -0.2) is 0 Å². The molecule has 1 aromatic heterocycles. The number of likely N-dealkylation sites (N-methyl/N-ethyl adjacent to an activating group) is 1. The maximum absolute atomic E-state index is 5.56. The van der Waals surface area contributed by atoms with E-state index in [1.807, 2.05) is 0 Å². The number of hydrogen-bond acceptors (Lipinski definition) is 4. The summed E-state index contributed by atoms with van der Waals surface area (Å²) in [5.41, 5.74) is 6.69. The first-order chi connectivity index (χ1) is 8.97. The molecule has 5 heteroatoms. The van der Waals surface area contributed by atoms with E-state index >= 15 is 0 Å². The Morgan fingerprint density at radius 3 is 2.50 bits per heavy atom. The largest absolute Gasteiger partial charge is 0.418 e. The quantitative estimate of drug-likeness (QED) is 0.605. The molecule has 1 aliphatic rings. The van der Waals surface area contributed by atoms with Gasteiger partial charge in [0.1, 0.15) is 0 Å². The fraction of sp³-hybridized carbons (Fsp3) is 0.533. The van der Waals surface area contributed by atoms with E-state index in [9.17, 15) is 0 Å². The zero-order valence-corrected chi connectivity index (χ0v) is 15.3. The Kier molecular flexibility index (Phi) is 6.61. The standard InChI is InChI=1S/C15H21N4.Y/c1-15(2,19-10-8-18(3)9-11-19)7-6-14-5-4-13(16)12-17-14;/h5,12H,8-11,16H2,1-3H3;/q-1;. The molecule has 2 rings (SSSR count). The average molecular weight is 346 g/mol. The van der Waals surface area contributed by atoms with E-state index in [4.69, 9.17) is 5.73 Å². The number of pyridine rings is 1. The molecular formula is C15H21N4Y-. The van der Waals surface area contributed by atoms with Crippen molar-refractivity contribution < 1.29 is 32.7 Å². The predicted molar refractivity (Wildman–Crippen MR) is 77.5 cm³/mol. The molecule has 0 unspecified atom stereocenters. The van der Waals surface area contributed by atoms with E-state index in [2.05, 4.69) is 53.6 Å². The molecule has 0 spiro atoms. The van der Waals surface area contributed by atoms with E-state index in [0.29, 0.717) is 5.69 Å². The third kappa shape index (κ3) is 4.82. The SMILES string of the molecule is CN1CCN(C(C)(C)C#Cc2c[c-]c(N)cn2)CC1.[Y]. The third-order valence-electron chi connectivity index (χ3n) is 3.51. The molecule has 4 nitrogen and oxygen atoms in total. The minimum Gasteiger partial charge on any atom is -0.418 e. The minimum atomic E-state index is -0.135. The summed E-state index contributed by atoms with van der Waals surface area (Å²) in [5, 5.41) is 0. The summed E-state index contributed by atoms with van der Waals surface area (Å²) in [7, 11) is 2.16. The maximum Gasteiger partial charge on any atom is 0.0762 e. The molecule has 0 amide bonds. The Balaban J connectivity index is 0.00000200. The van der Waals surface area contributed by atoms with Crippen molar-refractivity contribution in [3.8, 4) is 11.8 Å². The van der Waals surface area contributed by atoms with Crippen molar-refractivity contribution in [3.05, 3.63) is 24.0 Å². The second-order valence-corrected chi connectivity index (χ2v) is 5.49. The van der Waals surface area contributed by atoms with Gasteiger partial charge in [0.05, 0.1) is 5.54 Å². The summed E-state index contributed by atoms with van der Waals surface area (Å²) in [5.74, 6) is 6.43. The maximum atomic E-state index is 5.56. The number of nitrogens with zero attached hydrogens (tertiary/aromatic N) is 3. The van der Waals surface area contributed by atoms with Gasteiger partial charge in [-0.2, -0.15) is 6.07 Å². The Morgan fingerprint density at radius 1 is 1.30 bits per heavy atom. The molecule has 1 saturated heterocycles. The molecule has 1 radical (unpaired) electrons. The van der Waals surface area contributed by atoms with Crippen molar-refractivity contribution in [2.75, 3.05) is 39.0 Å². The third-order valence-corrected chi connectivity index (χ3v) is 3.51. The first-order valence-corrected chi connectivity index (χ1v) is 6.57. The summed E-state index contributed by atoms with van der Waals surface area (Å²) in [6.07, 6.45) is 1.59. The molecular weight excluding hydrogens is 325 g/mol. The van der Waals surface area contributed by atoms with Gasteiger partial charge in [-0.05, 0) is 26.6 Å². The fourth-order valence-electron chi connectivity index (χ4n) is 2.10. The molecule has 0 bridgehead atoms. The Labute approximate surface area is 147 Å². The van der Waals surface area contributed by atoms with Crippen LogP contribution in [-0.4, -0.2) is 53.5 Å². The monoisotopic (exact) mass is 346 g/mol. The van der Waals surface area contributed by atoms with Crippen molar-refractivity contribution in [2.24, 2.45) is 0 Å². The Morgan fingerprint density at radius 2 is 1.95 bits per heavy atom. The molecule has 2 N–H and O–H groups in total. The molecule has 0 aliphatic carbocycles. The van der Waals surface area contributed by atoms with Crippen LogP contribution in [0, 0.1) is 17.9 Å². The molecule has 0 aromatic carbocycles. The van der Waals surface area contributed by atoms with Gasteiger partial charge in [0, 0.05) is 58.9 Å². The summed E-state index contributed by atoms with van der Waals surface area (Å²) < 4.78 is 0. The van der Waals surface area contributed by atoms with Crippen LogP contribution >= 0.6 is 0 Å². The molecule has 0 saturated carbocycles. The van der Waals surface area contributed by atoms with Crippen LogP contribution in [0.15, 0.2) is 12.3 Å². The Hall–Kier alpha value is -0.466. The molecule has 105 valence electrons. The van der Waals surface area contributed by atoms with Crippen LogP contribution in [0.25, 0.3) is 0 Å². The van der Waals surface area contributed by atoms with Crippen LogP contribution in [0.3, 0.4) is 0 Å². The molecule has 1 aromatic rings. The molecule has 2 heterocycles. The predicted octanol–water partition coefficient (Wildman–Crippen LogP) is 0.839. The van der Waals surface area contributed by atoms with Crippen molar-refractivity contribution in [2.45, 2.75) is 19.4 Å². The average Bonchev–Trinajstić information content (AvgIpc) is 2.39. The van der Waals surface area contributed by atoms with Gasteiger partial charge < -0.3 is 15.6 Å². The number of nitrogens with two attached hydrogens (primary N) is 1. The smallest absolute Gasteiger partial charge is 0.0762 e. The topological polar surface area (TPSA) is 45.4 Å². The van der Waals surface area contributed by atoms with E-state index in [0.717, 1.165) is 31.9 Å². The van der Waals surface area contributed by atoms with E-state index in [1.165, 1.54) is 0 Å². The summed E-state index contributed by atoms with van der Waals surface area (Å²) in [6.45, 7) is 8.62. The number of piperazine rings is 1. The van der Waals surface area contributed by atoms with Gasteiger partial charge in [0.2, 0.25) is 0 Å². The van der Waals surface area contributed by atoms with Crippen LogP contribution in [0.5, 0.6) is 0 Å². The minimum absolute atomic E-state index is 0. The second kappa shape index (κ2) is 7.52. The first kappa shape index (κ1) is 17.6. The van der Waals surface area contributed by atoms with Gasteiger partial charge in [-0.15, -0.1) is 12.0 Å². The zero-order valence-electron chi connectivity index (χ0n) is 12.5. The fourth-order valence-corrected chi connectivity index (χ4v) is 2.10. The number of aromatic nitrogens is 1. The molecule has 1 aliphatic heterocycles. The van der Waals surface area contributed by atoms with Crippen LogP contribution in [0.1, 0.15) is 19.5 Å². The molecule has 20 heavy (non-hydrogen) atoms. The van der Waals surface area contributed by atoms with E-state index < -0.39 is 0 Å². The summed E-state index contributed by atoms with van der Waals surface area (Å²) in [6, 6.07) is 4.65. The summed E-state index contributed by atoms with van der Waals surface area (Å²) >= 11 is 0. The van der Waals surface area contributed by atoms with Crippen molar-refractivity contribution in [1.82, 2.24) is 14.8 Å². The molecule has 1 fully saturated rings. The van der Waals surface area contributed by atoms with Crippen molar-refractivity contribution >= 4 is 5.69 Å². The van der Waals surface area contributed by atoms with Crippen LogP contribution in [0.4, 0.5) is 5.69 Å². The normalized spacial score (nSPS) is 16.9.